The van der Waals surface area contributed by atoms with Gasteiger partial charge in [0.2, 0.25) is 0 Å². The number of nitrogens with zero attached hydrogens (tertiary/aromatic N) is 3. The van der Waals surface area contributed by atoms with E-state index in [9.17, 15) is 10.1 Å². The highest BCUT2D eigenvalue weighted by Crippen LogP contribution is 2.07. The molecule has 0 aromatic carbocycles. The van der Waals surface area contributed by atoms with Crippen molar-refractivity contribution >= 4 is 5.69 Å². The maximum atomic E-state index is 10.4. The molecule has 0 unspecified atom stereocenters. The minimum Gasteiger partial charge on any atom is -0.284 e. The minimum absolute atomic E-state index is 0.0474. The van der Waals surface area contributed by atoms with Gasteiger partial charge in [-0.1, -0.05) is 5.92 Å². The Morgan fingerprint density at radius 3 is 2.75 bits per heavy atom. The smallest absolute Gasteiger partial charge is 0.284 e. The molecule has 0 atom stereocenters. The van der Waals surface area contributed by atoms with Crippen molar-refractivity contribution in [3.63, 3.8) is 0 Å². The van der Waals surface area contributed by atoms with Crippen LogP contribution in [0.2, 0.25) is 0 Å². The van der Waals surface area contributed by atoms with Gasteiger partial charge in [0.15, 0.2) is 0 Å². The molecule has 0 aliphatic rings. The van der Waals surface area contributed by atoms with Crippen molar-refractivity contribution in [1.82, 2.24) is 15.2 Å². The number of hydrogen-bond donors (Lipinski definition) is 1. The lowest BCUT2D eigenvalue weighted by molar-refractivity contribution is -0.385. The van der Waals surface area contributed by atoms with E-state index in [0.29, 0.717) is 5.69 Å². The normalized spacial score (nSPS) is 9.25. The number of nitro groups is 1. The van der Waals surface area contributed by atoms with Gasteiger partial charge in [-0.25, -0.2) is 4.98 Å². The first-order valence-corrected chi connectivity index (χ1v) is 4.37. The van der Waals surface area contributed by atoms with Gasteiger partial charge >= 0.3 is 0 Å². The molecule has 6 heteroatoms. The summed E-state index contributed by atoms with van der Waals surface area (Å²) in [6.07, 6.45) is 4.41. The van der Waals surface area contributed by atoms with Crippen LogP contribution in [0.3, 0.4) is 0 Å². The van der Waals surface area contributed by atoms with Gasteiger partial charge in [0.25, 0.3) is 5.69 Å². The Kier molecular flexibility index (Phi) is 2.61. The lowest BCUT2D eigenvalue weighted by atomic mass is 10.3. The van der Waals surface area contributed by atoms with Crippen molar-refractivity contribution in [1.29, 1.82) is 0 Å². The van der Waals surface area contributed by atoms with E-state index < -0.39 is 4.92 Å². The van der Waals surface area contributed by atoms with Gasteiger partial charge in [0.1, 0.15) is 11.9 Å². The molecule has 0 amide bonds. The van der Waals surface area contributed by atoms with Gasteiger partial charge in [-0.05, 0) is 12.0 Å². The third-order valence-corrected chi connectivity index (χ3v) is 1.79. The van der Waals surface area contributed by atoms with Crippen molar-refractivity contribution in [2.75, 3.05) is 0 Å². The Morgan fingerprint density at radius 2 is 2.19 bits per heavy atom. The van der Waals surface area contributed by atoms with E-state index in [1.54, 1.807) is 12.4 Å². The highest BCUT2D eigenvalue weighted by Gasteiger charge is 2.03. The zero-order valence-corrected chi connectivity index (χ0v) is 8.04. The first kappa shape index (κ1) is 9.86. The second kappa shape index (κ2) is 4.23. The highest BCUT2D eigenvalue weighted by atomic mass is 16.6. The van der Waals surface area contributed by atoms with Crippen LogP contribution in [-0.2, 0) is 0 Å². The fourth-order valence-electron chi connectivity index (χ4n) is 1.02. The first-order chi connectivity index (χ1) is 7.75. The molecule has 0 saturated carbocycles. The Bertz CT molecular complexity index is 549. The van der Waals surface area contributed by atoms with E-state index in [1.807, 2.05) is 0 Å². The summed E-state index contributed by atoms with van der Waals surface area (Å²) in [5, 5.41) is 16.7. The molecule has 0 spiro atoms. The molecular formula is C10H6N4O2. The lowest BCUT2D eigenvalue weighted by Crippen LogP contribution is -1.89. The van der Waals surface area contributed by atoms with E-state index >= 15 is 0 Å². The molecule has 1 N–H and O–H groups in total. The van der Waals surface area contributed by atoms with E-state index in [1.165, 1.54) is 18.3 Å². The standard InChI is InChI=1S/C10H6N4O2/c15-14(16)10-4-3-9(11-7-10)2-1-8-5-12-13-6-8/h3-7H,(H,12,13). The van der Waals surface area contributed by atoms with Gasteiger partial charge in [-0.2, -0.15) is 5.10 Å². The molecule has 6 nitrogen and oxygen atoms in total. The second-order valence-electron chi connectivity index (χ2n) is 2.90. The highest BCUT2D eigenvalue weighted by molar-refractivity contribution is 5.39. The van der Waals surface area contributed by atoms with E-state index in [4.69, 9.17) is 0 Å². The fourth-order valence-corrected chi connectivity index (χ4v) is 1.02. The Labute approximate surface area is 90.5 Å². The number of nitrogens with one attached hydrogen (secondary N) is 1. The molecule has 2 aromatic heterocycles. The van der Waals surface area contributed by atoms with Crippen LogP contribution in [0.4, 0.5) is 5.69 Å². The van der Waals surface area contributed by atoms with Crippen LogP contribution >= 0.6 is 0 Å². The summed E-state index contributed by atoms with van der Waals surface area (Å²) in [5.41, 5.74) is 1.17. The minimum atomic E-state index is -0.500. The Hall–Kier alpha value is -2.68. The summed E-state index contributed by atoms with van der Waals surface area (Å²) in [5.74, 6) is 5.58. The average Bonchev–Trinajstić information content (AvgIpc) is 2.80. The Morgan fingerprint density at radius 1 is 1.31 bits per heavy atom. The summed E-state index contributed by atoms with van der Waals surface area (Å²) in [4.78, 5) is 13.7. The summed E-state index contributed by atoms with van der Waals surface area (Å²) in [7, 11) is 0. The maximum Gasteiger partial charge on any atom is 0.287 e. The largest absolute Gasteiger partial charge is 0.287 e. The first-order valence-electron chi connectivity index (χ1n) is 4.37. The number of aromatic amines is 1. The van der Waals surface area contributed by atoms with Crippen molar-refractivity contribution < 1.29 is 4.92 Å². The maximum absolute atomic E-state index is 10.4. The van der Waals surface area contributed by atoms with Crippen LogP contribution in [0.5, 0.6) is 0 Å². The summed E-state index contributed by atoms with van der Waals surface area (Å²) < 4.78 is 0. The molecule has 78 valence electrons. The van der Waals surface area contributed by atoms with Crippen molar-refractivity contribution in [3.05, 3.63) is 52.1 Å². The van der Waals surface area contributed by atoms with E-state index in [2.05, 4.69) is 27.0 Å². The predicted octanol–water partition coefficient (Wildman–Crippen LogP) is 1.11. The molecular weight excluding hydrogens is 208 g/mol. The fraction of sp³-hybridized carbons (Fsp3) is 0. The molecule has 0 bridgehead atoms. The van der Waals surface area contributed by atoms with Gasteiger partial charge in [0.05, 0.1) is 16.7 Å². The van der Waals surface area contributed by atoms with E-state index in [0.717, 1.165) is 5.56 Å². The zero-order valence-electron chi connectivity index (χ0n) is 8.04. The van der Waals surface area contributed by atoms with Crippen molar-refractivity contribution in [2.24, 2.45) is 0 Å². The quantitative estimate of drug-likeness (QED) is 0.437. The molecule has 2 rings (SSSR count). The number of aromatic nitrogens is 3. The van der Waals surface area contributed by atoms with Crippen LogP contribution in [0.1, 0.15) is 11.3 Å². The number of H-pyrrole nitrogens is 1. The van der Waals surface area contributed by atoms with Gasteiger partial charge in [0, 0.05) is 12.3 Å². The van der Waals surface area contributed by atoms with Gasteiger partial charge < -0.3 is 0 Å². The van der Waals surface area contributed by atoms with Crippen molar-refractivity contribution in [2.45, 2.75) is 0 Å². The number of rotatable bonds is 1. The summed E-state index contributed by atoms with van der Waals surface area (Å²) >= 11 is 0. The third-order valence-electron chi connectivity index (χ3n) is 1.79. The van der Waals surface area contributed by atoms with Gasteiger partial charge in [-0.3, -0.25) is 15.2 Å². The van der Waals surface area contributed by atoms with Crippen LogP contribution in [0, 0.1) is 22.0 Å². The molecule has 2 aromatic rings. The second-order valence-corrected chi connectivity index (χ2v) is 2.90. The number of hydrogen-bond acceptors (Lipinski definition) is 4. The lowest BCUT2D eigenvalue weighted by Gasteiger charge is -1.89. The molecule has 0 aliphatic carbocycles. The molecule has 2 heterocycles. The summed E-state index contributed by atoms with van der Waals surface area (Å²) in [6.45, 7) is 0. The van der Waals surface area contributed by atoms with Crippen LogP contribution in [0.15, 0.2) is 30.7 Å². The molecule has 0 radical (unpaired) electrons. The zero-order chi connectivity index (χ0) is 11.4. The summed E-state index contributed by atoms with van der Waals surface area (Å²) in [6, 6.07) is 2.87. The van der Waals surface area contributed by atoms with Crippen LogP contribution in [0.25, 0.3) is 0 Å². The van der Waals surface area contributed by atoms with Gasteiger partial charge in [-0.15, -0.1) is 0 Å². The molecule has 0 saturated heterocycles. The third kappa shape index (κ3) is 2.22. The molecule has 0 fully saturated rings. The molecule has 0 aliphatic heterocycles. The Balaban J connectivity index is 2.20. The average molecular weight is 214 g/mol. The molecule has 16 heavy (non-hydrogen) atoms. The topological polar surface area (TPSA) is 84.7 Å². The van der Waals surface area contributed by atoms with Crippen LogP contribution in [-0.4, -0.2) is 20.1 Å². The number of pyridine rings is 1. The van der Waals surface area contributed by atoms with E-state index in [-0.39, 0.29) is 5.69 Å². The van der Waals surface area contributed by atoms with Crippen LogP contribution < -0.4 is 0 Å². The monoisotopic (exact) mass is 214 g/mol. The SMILES string of the molecule is O=[N+]([O-])c1ccc(C#Cc2cn[nH]c2)nc1. The van der Waals surface area contributed by atoms with Crippen molar-refractivity contribution in [3.8, 4) is 11.8 Å². The predicted molar refractivity (Wildman–Crippen MR) is 55.5 cm³/mol.